The van der Waals surface area contributed by atoms with E-state index in [1.54, 1.807) is 35.2 Å². The molecule has 1 aliphatic heterocycles. The molecule has 5 nitrogen and oxygen atoms in total. The number of benzene rings is 2. The highest BCUT2D eigenvalue weighted by atomic mass is 16.5. The van der Waals surface area contributed by atoms with Gasteiger partial charge >= 0.3 is 0 Å². The van der Waals surface area contributed by atoms with Crippen LogP contribution in [0.25, 0.3) is 0 Å². The van der Waals surface area contributed by atoms with Gasteiger partial charge in [-0.15, -0.1) is 0 Å². The van der Waals surface area contributed by atoms with Crippen LogP contribution < -0.4 is 15.0 Å². The molecule has 2 amide bonds. The molecular weight excluding hydrogens is 316 g/mol. The van der Waals surface area contributed by atoms with Gasteiger partial charge in [0.2, 0.25) is 0 Å². The molecule has 0 saturated heterocycles. The molecule has 0 aliphatic carbocycles. The van der Waals surface area contributed by atoms with Crippen LogP contribution in [0.2, 0.25) is 0 Å². The van der Waals surface area contributed by atoms with Crippen molar-refractivity contribution in [1.82, 2.24) is 0 Å². The van der Waals surface area contributed by atoms with E-state index >= 15 is 0 Å². The van der Waals surface area contributed by atoms with E-state index in [-0.39, 0.29) is 18.4 Å². The molecule has 25 heavy (non-hydrogen) atoms. The van der Waals surface area contributed by atoms with Crippen molar-refractivity contribution in [3.05, 3.63) is 65.7 Å². The summed E-state index contributed by atoms with van der Waals surface area (Å²) in [5.74, 6) is 0.293. The minimum absolute atomic E-state index is 0.00928. The molecule has 128 valence electrons. The highest BCUT2D eigenvalue weighted by Crippen LogP contribution is 2.35. The molecule has 2 aromatic rings. The van der Waals surface area contributed by atoms with Gasteiger partial charge in [-0.3, -0.25) is 9.59 Å². The smallest absolute Gasteiger partial charge is 0.265 e. The van der Waals surface area contributed by atoms with Crippen molar-refractivity contribution >= 4 is 23.2 Å². The lowest BCUT2D eigenvalue weighted by atomic mass is 10.1. The van der Waals surface area contributed by atoms with Gasteiger partial charge in [-0.05, 0) is 44.2 Å². The van der Waals surface area contributed by atoms with E-state index in [1.807, 2.05) is 26.0 Å². The maximum Gasteiger partial charge on any atom is 0.265 e. The zero-order valence-electron chi connectivity index (χ0n) is 14.3. The number of hydrogen-bond donors (Lipinski definition) is 1. The summed E-state index contributed by atoms with van der Waals surface area (Å²) in [7, 11) is 0. The van der Waals surface area contributed by atoms with Crippen molar-refractivity contribution < 1.29 is 14.3 Å². The molecule has 0 spiro atoms. The van der Waals surface area contributed by atoms with Gasteiger partial charge < -0.3 is 15.0 Å². The van der Waals surface area contributed by atoms with Crippen LogP contribution in [0, 0.1) is 6.92 Å². The second-order valence-electron chi connectivity index (χ2n) is 6.23. The van der Waals surface area contributed by atoms with Crippen LogP contribution in [0.3, 0.4) is 0 Å². The van der Waals surface area contributed by atoms with Gasteiger partial charge in [-0.1, -0.05) is 29.8 Å². The second kappa shape index (κ2) is 6.81. The normalized spacial score (nSPS) is 13.0. The molecule has 1 N–H and O–H groups in total. The summed E-state index contributed by atoms with van der Waals surface area (Å²) < 4.78 is 5.47. The second-order valence-corrected chi connectivity index (χ2v) is 6.23. The van der Waals surface area contributed by atoms with Gasteiger partial charge in [-0.2, -0.15) is 0 Å². The Hall–Kier alpha value is -3.08. The van der Waals surface area contributed by atoms with E-state index in [4.69, 9.17) is 4.74 Å². The largest absolute Gasteiger partial charge is 0.482 e. The molecule has 2 aromatic carbocycles. The van der Waals surface area contributed by atoms with Gasteiger partial charge in [0.15, 0.2) is 6.61 Å². The first-order valence-corrected chi connectivity index (χ1v) is 8.03. The Kier molecular flexibility index (Phi) is 4.57. The van der Waals surface area contributed by atoms with Crippen molar-refractivity contribution in [2.24, 2.45) is 0 Å². The highest BCUT2D eigenvalue weighted by molar-refractivity contribution is 6.05. The Labute approximate surface area is 146 Å². The molecule has 5 heteroatoms. The zero-order chi connectivity index (χ0) is 18.0. The first-order chi connectivity index (χ1) is 11.9. The molecule has 3 rings (SSSR count). The van der Waals surface area contributed by atoms with Crippen LogP contribution in [-0.2, 0) is 4.79 Å². The number of rotatable bonds is 4. The average molecular weight is 336 g/mol. The van der Waals surface area contributed by atoms with Gasteiger partial charge in [0.25, 0.3) is 11.8 Å². The Morgan fingerprint density at radius 1 is 1.24 bits per heavy atom. The van der Waals surface area contributed by atoms with E-state index in [0.717, 1.165) is 11.1 Å². The molecule has 0 fully saturated rings. The van der Waals surface area contributed by atoms with E-state index in [2.05, 4.69) is 11.9 Å². The van der Waals surface area contributed by atoms with Gasteiger partial charge in [0.05, 0.1) is 5.69 Å². The standard InChI is InChI=1S/C20H20N2O3/c1-13(2)11-22-17-10-16(8-9-18(17)25-12-19(22)23)21-20(24)15-6-4-14(3)5-7-15/h4-10H,1,11-12H2,2-3H3,(H,21,24). The summed E-state index contributed by atoms with van der Waals surface area (Å²) in [4.78, 5) is 26.2. The van der Waals surface area contributed by atoms with E-state index in [1.165, 1.54) is 0 Å². The minimum Gasteiger partial charge on any atom is -0.482 e. The molecule has 1 aliphatic rings. The summed E-state index contributed by atoms with van der Waals surface area (Å²) >= 11 is 0. The molecule has 0 atom stereocenters. The fourth-order valence-corrected chi connectivity index (χ4v) is 2.63. The lowest BCUT2D eigenvalue weighted by Crippen LogP contribution is -2.39. The van der Waals surface area contributed by atoms with Gasteiger partial charge in [-0.25, -0.2) is 0 Å². The van der Waals surface area contributed by atoms with Crippen molar-refractivity contribution in [3.8, 4) is 5.75 Å². The molecule has 0 saturated carbocycles. The summed E-state index contributed by atoms with van der Waals surface area (Å²) in [6.07, 6.45) is 0. The van der Waals surface area contributed by atoms with E-state index < -0.39 is 0 Å². The predicted molar refractivity (Wildman–Crippen MR) is 98.2 cm³/mol. The van der Waals surface area contributed by atoms with Crippen LogP contribution in [0.4, 0.5) is 11.4 Å². The van der Waals surface area contributed by atoms with Crippen molar-refractivity contribution in [2.45, 2.75) is 13.8 Å². The number of ether oxygens (including phenoxy) is 1. The fraction of sp³-hybridized carbons (Fsp3) is 0.200. The third-order valence-corrected chi connectivity index (χ3v) is 3.90. The maximum atomic E-state index is 12.4. The summed E-state index contributed by atoms with van der Waals surface area (Å²) in [5.41, 5.74) is 3.79. The number of carbonyl (C=O) groups is 2. The van der Waals surface area contributed by atoms with Gasteiger partial charge in [0.1, 0.15) is 5.75 Å². The molecular formula is C20H20N2O3. The van der Waals surface area contributed by atoms with E-state index in [9.17, 15) is 9.59 Å². The van der Waals surface area contributed by atoms with Crippen LogP contribution in [0.5, 0.6) is 5.75 Å². The monoisotopic (exact) mass is 336 g/mol. The number of nitrogens with zero attached hydrogens (tertiary/aromatic N) is 1. The average Bonchev–Trinajstić information content (AvgIpc) is 2.58. The molecule has 0 unspecified atom stereocenters. The molecule has 0 aromatic heterocycles. The topological polar surface area (TPSA) is 58.6 Å². The lowest BCUT2D eigenvalue weighted by Gasteiger charge is -2.30. The Morgan fingerprint density at radius 3 is 2.64 bits per heavy atom. The van der Waals surface area contributed by atoms with Crippen LogP contribution in [-0.4, -0.2) is 25.0 Å². The number of anilines is 2. The Balaban J connectivity index is 1.85. The first-order valence-electron chi connectivity index (χ1n) is 8.03. The first kappa shape index (κ1) is 16.8. The van der Waals surface area contributed by atoms with Gasteiger partial charge in [0, 0.05) is 17.8 Å². The molecule has 1 heterocycles. The molecule has 0 radical (unpaired) electrons. The highest BCUT2D eigenvalue weighted by Gasteiger charge is 2.25. The number of amides is 2. The zero-order valence-corrected chi connectivity index (χ0v) is 14.3. The number of nitrogens with one attached hydrogen (secondary N) is 1. The van der Waals surface area contributed by atoms with Crippen molar-refractivity contribution in [3.63, 3.8) is 0 Å². The summed E-state index contributed by atoms with van der Waals surface area (Å²) in [6, 6.07) is 12.6. The third-order valence-electron chi connectivity index (χ3n) is 3.90. The quantitative estimate of drug-likeness (QED) is 0.869. The summed E-state index contributed by atoms with van der Waals surface area (Å²) in [5, 5.41) is 2.86. The van der Waals surface area contributed by atoms with Crippen LogP contribution in [0.1, 0.15) is 22.8 Å². The lowest BCUT2D eigenvalue weighted by molar-refractivity contribution is -0.121. The van der Waals surface area contributed by atoms with Crippen LogP contribution in [0.15, 0.2) is 54.6 Å². The number of carbonyl (C=O) groups excluding carboxylic acids is 2. The number of fused-ring (bicyclic) bond motifs is 1. The Bertz CT molecular complexity index is 841. The Morgan fingerprint density at radius 2 is 1.96 bits per heavy atom. The molecule has 0 bridgehead atoms. The van der Waals surface area contributed by atoms with Crippen LogP contribution >= 0.6 is 0 Å². The predicted octanol–water partition coefficient (Wildman–Crippen LogP) is 3.55. The summed E-state index contributed by atoms with van der Waals surface area (Å²) in [6.45, 7) is 8.14. The third kappa shape index (κ3) is 3.71. The number of hydrogen-bond acceptors (Lipinski definition) is 3. The fourth-order valence-electron chi connectivity index (χ4n) is 2.63. The number of aryl methyl sites for hydroxylation is 1. The maximum absolute atomic E-state index is 12.4. The van der Waals surface area contributed by atoms with Crippen molar-refractivity contribution in [1.29, 1.82) is 0 Å². The van der Waals surface area contributed by atoms with Crippen molar-refractivity contribution in [2.75, 3.05) is 23.4 Å². The SMILES string of the molecule is C=C(C)CN1C(=O)COc2ccc(NC(=O)c3ccc(C)cc3)cc21. The van der Waals surface area contributed by atoms with E-state index in [0.29, 0.717) is 29.2 Å². The minimum atomic E-state index is -0.200.